The van der Waals surface area contributed by atoms with E-state index in [0.717, 1.165) is 11.4 Å². The van der Waals surface area contributed by atoms with Crippen LogP contribution in [0.4, 0.5) is 5.69 Å². The molecular weight excluding hydrogens is 294 g/mol. The molecule has 0 radical (unpaired) electrons. The largest absolute Gasteiger partial charge is 0.269 e. The van der Waals surface area contributed by atoms with Crippen molar-refractivity contribution in [2.45, 2.75) is 25.3 Å². The zero-order valence-electron chi connectivity index (χ0n) is 11.7. The Morgan fingerprint density at radius 1 is 1.24 bits per heavy atom. The van der Waals surface area contributed by atoms with Gasteiger partial charge in [0.2, 0.25) is 0 Å². The molecule has 0 bridgehead atoms. The van der Waals surface area contributed by atoms with E-state index >= 15 is 0 Å². The molecule has 0 amide bonds. The van der Waals surface area contributed by atoms with Crippen molar-refractivity contribution in [3.8, 4) is 0 Å². The summed E-state index contributed by atoms with van der Waals surface area (Å²) < 4.78 is 26.0. The van der Waals surface area contributed by atoms with Crippen LogP contribution in [0.15, 0.2) is 35.2 Å². The molecule has 0 unspecified atom stereocenters. The number of aromatic nitrogens is 2. The molecule has 0 aliphatic heterocycles. The van der Waals surface area contributed by atoms with Gasteiger partial charge in [-0.3, -0.25) is 14.8 Å². The van der Waals surface area contributed by atoms with E-state index in [9.17, 15) is 18.5 Å². The van der Waals surface area contributed by atoms with E-state index in [2.05, 4.69) is 5.10 Å². The van der Waals surface area contributed by atoms with Gasteiger partial charge in [0.05, 0.1) is 27.8 Å². The van der Waals surface area contributed by atoms with E-state index in [-0.39, 0.29) is 22.9 Å². The highest BCUT2D eigenvalue weighted by molar-refractivity contribution is 7.91. The maximum Gasteiger partial charge on any atom is 0.269 e. The summed E-state index contributed by atoms with van der Waals surface area (Å²) in [6.07, 6.45) is 0. The number of nitro groups is 1. The van der Waals surface area contributed by atoms with Crippen LogP contribution in [0.2, 0.25) is 0 Å². The van der Waals surface area contributed by atoms with Crippen LogP contribution in [0.1, 0.15) is 11.4 Å². The number of sulfone groups is 1. The van der Waals surface area contributed by atoms with E-state index in [1.807, 2.05) is 19.9 Å². The number of hydrogen-bond donors (Lipinski definition) is 0. The van der Waals surface area contributed by atoms with Crippen molar-refractivity contribution < 1.29 is 13.3 Å². The first kappa shape index (κ1) is 15.2. The van der Waals surface area contributed by atoms with Crippen molar-refractivity contribution in [1.82, 2.24) is 9.78 Å². The molecule has 8 heteroatoms. The first-order valence-electron chi connectivity index (χ1n) is 6.28. The molecule has 0 saturated carbocycles. The van der Waals surface area contributed by atoms with Crippen LogP contribution in [-0.4, -0.2) is 28.9 Å². The first-order valence-corrected chi connectivity index (χ1v) is 7.93. The molecule has 2 aromatic rings. The molecule has 0 saturated heterocycles. The minimum atomic E-state index is -3.49. The summed E-state index contributed by atoms with van der Waals surface area (Å²) in [6.45, 7) is 3.95. The van der Waals surface area contributed by atoms with E-state index < -0.39 is 14.8 Å². The number of benzene rings is 1. The van der Waals surface area contributed by atoms with Crippen molar-refractivity contribution in [3.05, 3.63) is 51.8 Å². The Kier molecular flexibility index (Phi) is 4.08. The lowest BCUT2D eigenvalue weighted by atomic mass is 10.3. The van der Waals surface area contributed by atoms with Crippen LogP contribution in [0, 0.1) is 24.0 Å². The molecule has 112 valence electrons. The summed E-state index contributed by atoms with van der Waals surface area (Å²) in [5.74, 6) is -0.104. The van der Waals surface area contributed by atoms with Crippen LogP contribution in [0.3, 0.4) is 0 Å². The first-order chi connectivity index (χ1) is 9.79. The van der Waals surface area contributed by atoms with Gasteiger partial charge in [-0.1, -0.05) is 0 Å². The fourth-order valence-electron chi connectivity index (χ4n) is 2.00. The van der Waals surface area contributed by atoms with E-state index in [0.29, 0.717) is 0 Å². The van der Waals surface area contributed by atoms with Crippen LogP contribution in [-0.2, 0) is 16.4 Å². The number of rotatable bonds is 5. The lowest BCUT2D eigenvalue weighted by molar-refractivity contribution is -0.384. The zero-order valence-corrected chi connectivity index (χ0v) is 12.5. The smallest absolute Gasteiger partial charge is 0.269 e. The highest BCUT2D eigenvalue weighted by atomic mass is 32.2. The van der Waals surface area contributed by atoms with Crippen LogP contribution in [0.25, 0.3) is 0 Å². The van der Waals surface area contributed by atoms with Crippen molar-refractivity contribution in [2.24, 2.45) is 0 Å². The van der Waals surface area contributed by atoms with Gasteiger partial charge in [-0.05, 0) is 32.0 Å². The minimum absolute atomic E-state index is 0.0784. The molecule has 0 N–H and O–H groups in total. The molecule has 0 spiro atoms. The number of aryl methyl sites for hydroxylation is 3. The highest BCUT2D eigenvalue weighted by Gasteiger charge is 2.17. The SMILES string of the molecule is Cc1cc(C)n(CCS(=O)(=O)c2ccc([N+](=O)[O-])cc2)n1. The molecule has 7 nitrogen and oxygen atoms in total. The lowest BCUT2D eigenvalue weighted by Crippen LogP contribution is -2.15. The molecular formula is C13H15N3O4S. The third kappa shape index (κ3) is 3.46. The molecule has 0 aliphatic carbocycles. The third-order valence-corrected chi connectivity index (χ3v) is 4.79. The third-order valence-electron chi connectivity index (χ3n) is 3.08. The summed E-state index contributed by atoms with van der Waals surface area (Å²) in [5.41, 5.74) is 1.60. The van der Waals surface area contributed by atoms with Crippen molar-refractivity contribution in [2.75, 3.05) is 5.75 Å². The number of nitro benzene ring substituents is 1. The molecule has 0 fully saturated rings. The van der Waals surface area contributed by atoms with Gasteiger partial charge in [0.1, 0.15) is 0 Å². The van der Waals surface area contributed by atoms with Gasteiger partial charge in [-0.2, -0.15) is 5.10 Å². The quantitative estimate of drug-likeness (QED) is 0.620. The molecule has 21 heavy (non-hydrogen) atoms. The fraction of sp³-hybridized carbons (Fsp3) is 0.308. The predicted molar refractivity (Wildman–Crippen MR) is 76.9 cm³/mol. The van der Waals surface area contributed by atoms with Crippen LogP contribution >= 0.6 is 0 Å². The van der Waals surface area contributed by atoms with Crippen LogP contribution < -0.4 is 0 Å². The molecule has 1 aromatic heterocycles. The second-order valence-corrected chi connectivity index (χ2v) is 6.83. The monoisotopic (exact) mass is 309 g/mol. The summed E-state index contributed by atoms with van der Waals surface area (Å²) in [7, 11) is -3.49. The minimum Gasteiger partial charge on any atom is -0.269 e. The lowest BCUT2D eigenvalue weighted by Gasteiger charge is -2.06. The van der Waals surface area contributed by atoms with E-state index in [4.69, 9.17) is 0 Å². The molecule has 2 rings (SSSR count). The molecule has 1 heterocycles. The Morgan fingerprint density at radius 2 is 1.86 bits per heavy atom. The van der Waals surface area contributed by atoms with Crippen molar-refractivity contribution in [1.29, 1.82) is 0 Å². The topological polar surface area (TPSA) is 95.1 Å². The van der Waals surface area contributed by atoms with Gasteiger partial charge < -0.3 is 0 Å². The Morgan fingerprint density at radius 3 is 2.33 bits per heavy atom. The summed E-state index contributed by atoms with van der Waals surface area (Å²) >= 11 is 0. The zero-order chi connectivity index (χ0) is 15.6. The van der Waals surface area contributed by atoms with Crippen LogP contribution in [0.5, 0.6) is 0 Å². The average Bonchev–Trinajstić information content (AvgIpc) is 2.75. The highest BCUT2D eigenvalue weighted by Crippen LogP contribution is 2.17. The van der Waals surface area contributed by atoms with Gasteiger partial charge >= 0.3 is 0 Å². The summed E-state index contributed by atoms with van der Waals surface area (Å²) in [5, 5.41) is 14.8. The van der Waals surface area contributed by atoms with Gasteiger partial charge in [-0.15, -0.1) is 0 Å². The standard InChI is InChI=1S/C13H15N3O4S/c1-10-9-11(2)15(14-10)7-8-21(19,20)13-5-3-12(4-6-13)16(17)18/h3-6,9H,7-8H2,1-2H3. The second-order valence-electron chi connectivity index (χ2n) is 4.72. The van der Waals surface area contributed by atoms with Gasteiger partial charge in [-0.25, -0.2) is 8.42 Å². The Balaban J connectivity index is 2.14. The average molecular weight is 309 g/mol. The van der Waals surface area contributed by atoms with Gasteiger partial charge in [0, 0.05) is 17.8 Å². The molecule has 0 atom stereocenters. The fourth-order valence-corrected chi connectivity index (χ4v) is 3.20. The van der Waals surface area contributed by atoms with E-state index in [1.54, 1.807) is 4.68 Å². The second kappa shape index (κ2) is 5.65. The normalized spacial score (nSPS) is 11.5. The van der Waals surface area contributed by atoms with Gasteiger partial charge in [0.15, 0.2) is 9.84 Å². The van der Waals surface area contributed by atoms with Crippen molar-refractivity contribution >= 4 is 15.5 Å². The van der Waals surface area contributed by atoms with Crippen molar-refractivity contribution in [3.63, 3.8) is 0 Å². The Hall–Kier alpha value is -2.22. The number of non-ortho nitro benzene ring substituents is 1. The predicted octanol–water partition coefficient (Wildman–Crippen LogP) is 1.88. The Bertz CT molecular complexity index is 763. The Labute approximate surface area is 122 Å². The molecule has 0 aliphatic rings. The number of nitrogens with zero attached hydrogens (tertiary/aromatic N) is 3. The maximum atomic E-state index is 12.2. The number of hydrogen-bond acceptors (Lipinski definition) is 5. The molecule has 1 aromatic carbocycles. The van der Waals surface area contributed by atoms with Gasteiger partial charge in [0.25, 0.3) is 5.69 Å². The van der Waals surface area contributed by atoms with E-state index in [1.165, 1.54) is 24.3 Å². The maximum absolute atomic E-state index is 12.2. The summed E-state index contributed by atoms with van der Waals surface area (Å²) in [4.78, 5) is 10.1. The summed E-state index contributed by atoms with van der Waals surface area (Å²) in [6, 6.07) is 6.77.